The Balaban J connectivity index is 1.89. The minimum Gasteiger partial charge on any atom is -0.481 e. The SMILES string of the molecule is CC(C)(CCNCc1ccc(-c2ccc([N+](=O)[O-])cc2)s1)C(=O)O. The molecule has 0 bridgehead atoms. The zero-order valence-electron chi connectivity index (χ0n) is 13.6. The average molecular weight is 348 g/mol. The highest BCUT2D eigenvalue weighted by Gasteiger charge is 2.26. The maximum Gasteiger partial charge on any atom is 0.309 e. The summed E-state index contributed by atoms with van der Waals surface area (Å²) >= 11 is 1.62. The van der Waals surface area contributed by atoms with Crippen molar-refractivity contribution >= 4 is 23.0 Å². The average Bonchev–Trinajstić information content (AvgIpc) is 3.00. The maximum absolute atomic E-state index is 11.0. The number of nitrogens with zero attached hydrogens (tertiary/aromatic N) is 1. The number of nitro groups is 1. The lowest BCUT2D eigenvalue weighted by molar-refractivity contribution is -0.384. The number of hydrogen-bond acceptors (Lipinski definition) is 5. The number of carbonyl (C=O) groups is 1. The number of nitro benzene ring substituents is 1. The van der Waals surface area contributed by atoms with Crippen LogP contribution in [0.4, 0.5) is 5.69 Å². The van der Waals surface area contributed by atoms with Crippen LogP contribution >= 0.6 is 11.3 Å². The van der Waals surface area contributed by atoms with E-state index >= 15 is 0 Å². The van der Waals surface area contributed by atoms with Crippen molar-refractivity contribution in [1.29, 1.82) is 0 Å². The molecule has 0 amide bonds. The Morgan fingerprint density at radius 1 is 1.25 bits per heavy atom. The van der Waals surface area contributed by atoms with E-state index in [-0.39, 0.29) is 5.69 Å². The first-order valence-corrected chi connectivity index (χ1v) is 8.39. The van der Waals surface area contributed by atoms with Gasteiger partial charge in [-0.3, -0.25) is 14.9 Å². The molecule has 128 valence electrons. The van der Waals surface area contributed by atoms with Gasteiger partial charge in [0.05, 0.1) is 10.3 Å². The van der Waals surface area contributed by atoms with Gasteiger partial charge in [0.25, 0.3) is 5.69 Å². The first-order valence-electron chi connectivity index (χ1n) is 7.57. The summed E-state index contributed by atoms with van der Waals surface area (Å²) in [6.07, 6.45) is 0.558. The number of carboxylic acids is 1. The maximum atomic E-state index is 11.0. The third-order valence-corrected chi connectivity index (χ3v) is 4.96. The summed E-state index contributed by atoms with van der Waals surface area (Å²) in [7, 11) is 0. The molecule has 0 aliphatic carbocycles. The summed E-state index contributed by atoms with van der Waals surface area (Å²) in [5, 5.41) is 23.0. The van der Waals surface area contributed by atoms with Crippen LogP contribution in [-0.2, 0) is 11.3 Å². The van der Waals surface area contributed by atoms with Crippen molar-refractivity contribution < 1.29 is 14.8 Å². The van der Waals surface area contributed by atoms with Gasteiger partial charge in [0.1, 0.15) is 0 Å². The van der Waals surface area contributed by atoms with Crippen molar-refractivity contribution in [2.75, 3.05) is 6.54 Å². The molecule has 0 radical (unpaired) electrons. The second kappa shape index (κ2) is 7.55. The summed E-state index contributed by atoms with van der Waals surface area (Å²) in [5.74, 6) is -0.791. The highest BCUT2D eigenvalue weighted by molar-refractivity contribution is 7.15. The number of thiophene rings is 1. The van der Waals surface area contributed by atoms with Gasteiger partial charge in [0, 0.05) is 28.4 Å². The third kappa shape index (κ3) is 4.62. The van der Waals surface area contributed by atoms with Crippen LogP contribution in [0.1, 0.15) is 25.1 Å². The Bertz CT molecular complexity index is 722. The second-order valence-corrected chi connectivity index (χ2v) is 7.35. The molecule has 2 aromatic rings. The Morgan fingerprint density at radius 2 is 1.92 bits per heavy atom. The second-order valence-electron chi connectivity index (χ2n) is 6.19. The standard InChI is InChI=1S/C17H20N2O4S/c1-17(2,16(20)21)9-10-18-11-14-7-8-15(24-14)12-3-5-13(6-4-12)19(22)23/h3-8,18H,9-11H2,1-2H3,(H,20,21). The Labute approximate surface area is 144 Å². The van der Waals surface area contributed by atoms with Crippen LogP contribution in [0.5, 0.6) is 0 Å². The highest BCUT2D eigenvalue weighted by Crippen LogP contribution is 2.29. The smallest absolute Gasteiger partial charge is 0.309 e. The number of nitrogens with one attached hydrogen (secondary N) is 1. The van der Waals surface area contributed by atoms with E-state index in [0.29, 0.717) is 19.5 Å². The Kier molecular flexibility index (Phi) is 5.69. The molecule has 0 saturated carbocycles. The summed E-state index contributed by atoms with van der Waals surface area (Å²) in [5.41, 5.74) is 0.300. The van der Waals surface area contributed by atoms with Crippen LogP contribution in [-0.4, -0.2) is 22.5 Å². The first-order chi connectivity index (χ1) is 11.3. The van der Waals surface area contributed by atoms with Crippen molar-refractivity contribution in [3.05, 3.63) is 51.4 Å². The number of hydrogen-bond donors (Lipinski definition) is 2. The van der Waals surface area contributed by atoms with E-state index in [2.05, 4.69) is 5.32 Å². The van der Waals surface area contributed by atoms with E-state index in [0.717, 1.165) is 15.3 Å². The zero-order valence-corrected chi connectivity index (χ0v) is 14.4. The molecule has 0 aliphatic heterocycles. The predicted molar refractivity (Wildman–Crippen MR) is 94.1 cm³/mol. The van der Waals surface area contributed by atoms with E-state index in [1.807, 2.05) is 12.1 Å². The van der Waals surface area contributed by atoms with Crippen molar-refractivity contribution in [1.82, 2.24) is 5.32 Å². The molecule has 24 heavy (non-hydrogen) atoms. The van der Waals surface area contributed by atoms with Gasteiger partial charge in [-0.15, -0.1) is 11.3 Å². The van der Waals surface area contributed by atoms with Crippen LogP contribution in [0.15, 0.2) is 36.4 Å². The normalized spacial score (nSPS) is 11.4. The summed E-state index contributed by atoms with van der Waals surface area (Å²) < 4.78 is 0. The van der Waals surface area contributed by atoms with Crippen LogP contribution in [0.2, 0.25) is 0 Å². The molecule has 0 aliphatic rings. The van der Waals surface area contributed by atoms with Crippen LogP contribution in [0, 0.1) is 15.5 Å². The number of aliphatic carboxylic acids is 1. The minimum atomic E-state index is -0.791. The van der Waals surface area contributed by atoms with Crippen molar-refractivity contribution in [2.45, 2.75) is 26.8 Å². The molecule has 0 saturated heterocycles. The fraction of sp³-hybridized carbons (Fsp3) is 0.353. The number of carboxylic acid groups (broad SMARTS) is 1. The molecule has 1 aromatic heterocycles. The number of rotatable bonds is 8. The molecule has 0 atom stereocenters. The first kappa shape index (κ1) is 18.1. The molecule has 6 nitrogen and oxygen atoms in total. The quantitative estimate of drug-likeness (QED) is 0.428. The molecule has 0 fully saturated rings. The van der Waals surface area contributed by atoms with Crippen molar-refractivity contribution in [3.8, 4) is 10.4 Å². The monoisotopic (exact) mass is 348 g/mol. The van der Waals surface area contributed by atoms with Gasteiger partial charge in [0.15, 0.2) is 0 Å². The molecular formula is C17H20N2O4S. The van der Waals surface area contributed by atoms with Gasteiger partial charge in [0.2, 0.25) is 0 Å². The van der Waals surface area contributed by atoms with E-state index in [1.165, 1.54) is 12.1 Å². The molecule has 7 heteroatoms. The molecular weight excluding hydrogens is 328 g/mol. The minimum absolute atomic E-state index is 0.0817. The summed E-state index contributed by atoms with van der Waals surface area (Å²) in [4.78, 5) is 23.5. The topological polar surface area (TPSA) is 92.5 Å². The molecule has 1 heterocycles. The van der Waals surface area contributed by atoms with Gasteiger partial charge < -0.3 is 10.4 Å². The Hall–Kier alpha value is -2.25. The lowest BCUT2D eigenvalue weighted by atomic mass is 9.90. The van der Waals surface area contributed by atoms with Gasteiger partial charge in [-0.05, 0) is 56.6 Å². The van der Waals surface area contributed by atoms with Crippen LogP contribution in [0.25, 0.3) is 10.4 Å². The zero-order chi connectivity index (χ0) is 17.7. The third-order valence-electron chi connectivity index (χ3n) is 3.83. The van der Waals surface area contributed by atoms with Gasteiger partial charge in [-0.2, -0.15) is 0 Å². The van der Waals surface area contributed by atoms with E-state index in [4.69, 9.17) is 5.11 Å². The molecule has 2 rings (SSSR count). The number of benzene rings is 1. The van der Waals surface area contributed by atoms with Crippen LogP contribution in [0.3, 0.4) is 0 Å². The molecule has 1 aromatic carbocycles. The lowest BCUT2D eigenvalue weighted by Crippen LogP contribution is -2.28. The molecule has 0 unspecified atom stereocenters. The van der Waals surface area contributed by atoms with E-state index in [1.54, 1.807) is 37.3 Å². The van der Waals surface area contributed by atoms with Crippen LogP contribution < -0.4 is 5.32 Å². The van der Waals surface area contributed by atoms with E-state index < -0.39 is 16.3 Å². The van der Waals surface area contributed by atoms with Gasteiger partial charge >= 0.3 is 5.97 Å². The Morgan fingerprint density at radius 3 is 2.50 bits per heavy atom. The van der Waals surface area contributed by atoms with E-state index in [9.17, 15) is 14.9 Å². The summed E-state index contributed by atoms with van der Waals surface area (Å²) in [6, 6.07) is 10.5. The molecule has 0 spiro atoms. The fourth-order valence-corrected chi connectivity index (χ4v) is 3.08. The van der Waals surface area contributed by atoms with Crippen molar-refractivity contribution in [3.63, 3.8) is 0 Å². The fourth-order valence-electron chi connectivity index (χ4n) is 2.09. The predicted octanol–water partition coefficient (Wildman–Crippen LogP) is 3.91. The lowest BCUT2D eigenvalue weighted by Gasteiger charge is -2.18. The largest absolute Gasteiger partial charge is 0.481 e. The number of non-ortho nitro benzene ring substituents is 1. The van der Waals surface area contributed by atoms with Gasteiger partial charge in [-0.1, -0.05) is 0 Å². The summed E-state index contributed by atoms with van der Waals surface area (Å²) in [6.45, 7) is 4.74. The van der Waals surface area contributed by atoms with Gasteiger partial charge in [-0.25, -0.2) is 0 Å². The highest BCUT2D eigenvalue weighted by atomic mass is 32.1. The molecule has 2 N–H and O–H groups in total. The van der Waals surface area contributed by atoms with Crippen molar-refractivity contribution in [2.24, 2.45) is 5.41 Å².